The molecule has 1 aliphatic rings. The Kier molecular flexibility index (Phi) is 4.88. The predicted molar refractivity (Wildman–Crippen MR) is 82.2 cm³/mol. The maximum absolute atomic E-state index is 12.4. The molecule has 1 amide bonds. The van der Waals surface area contributed by atoms with E-state index in [0.717, 1.165) is 6.42 Å². The smallest absolute Gasteiger partial charge is 0.387 e. The summed E-state index contributed by atoms with van der Waals surface area (Å²) in [4.78, 5) is 18.2. The van der Waals surface area contributed by atoms with E-state index in [1.807, 2.05) is 6.07 Å². The van der Waals surface area contributed by atoms with Crippen molar-refractivity contribution in [2.24, 2.45) is 0 Å². The number of carbonyl (C=O) groups is 1. The number of carbonyl (C=O) groups excluding carboxylic acids is 1. The van der Waals surface area contributed by atoms with Crippen molar-refractivity contribution in [2.45, 2.75) is 19.1 Å². The molecule has 0 spiro atoms. The summed E-state index contributed by atoms with van der Waals surface area (Å²) in [7, 11) is 0. The van der Waals surface area contributed by atoms with Gasteiger partial charge in [0.2, 0.25) is 5.88 Å². The van der Waals surface area contributed by atoms with Gasteiger partial charge >= 0.3 is 6.61 Å². The minimum Gasteiger partial charge on any atom is -0.472 e. The van der Waals surface area contributed by atoms with Gasteiger partial charge in [0.1, 0.15) is 11.9 Å². The SMILES string of the molecule is O=C(c1ccc(OC(F)F)cc1)N1CCC(Oc2ccccn2)C1. The number of alkyl halides is 2. The second-order valence-electron chi connectivity index (χ2n) is 5.35. The third-order valence-corrected chi connectivity index (χ3v) is 3.68. The van der Waals surface area contributed by atoms with Crippen molar-refractivity contribution >= 4 is 5.91 Å². The van der Waals surface area contributed by atoms with Crippen LogP contribution in [0.4, 0.5) is 8.78 Å². The van der Waals surface area contributed by atoms with E-state index in [0.29, 0.717) is 24.5 Å². The fourth-order valence-corrected chi connectivity index (χ4v) is 2.56. The van der Waals surface area contributed by atoms with Crippen LogP contribution in [0.1, 0.15) is 16.8 Å². The van der Waals surface area contributed by atoms with Crippen molar-refractivity contribution in [1.29, 1.82) is 0 Å². The fraction of sp³-hybridized carbons (Fsp3) is 0.294. The lowest BCUT2D eigenvalue weighted by Crippen LogP contribution is -2.31. The molecule has 0 N–H and O–H groups in total. The van der Waals surface area contributed by atoms with Gasteiger partial charge in [-0.2, -0.15) is 8.78 Å². The standard InChI is InChI=1S/C17H16F2N2O3/c18-17(19)24-13-6-4-12(5-7-13)16(22)21-10-8-14(11-21)23-15-3-1-2-9-20-15/h1-7,9,14,17H,8,10-11H2. The van der Waals surface area contributed by atoms with Gasteiger partial charge < -0.3 is 14.4 Å². The summed E-state index contributed by atoms with van der Waals surface area (Å²) in [5, 5.41) is 0. The molecule has 1 saturated heterocycles. The summed E-state index contributed by atoms with van der Waals surface area (Å²) in [5.74, 6) is 0.398. The van der Waals surface area contributed by atoms with Gasteiger partial charge in [0.05, 0.1) is 6.54 Å². The number of rotatable bonds is 5. The van der Waals surface area contributed by atoms with Crippen LogP contribution in [0.2, 0.25) is 0 Å². The maximum Gasteiger partial charge on any atom is 0.387 e. The number of aromatic nitrogens is 1. The zero-order valence-electron chi connectivity index (χ0n) is 12.8. The molecular weight excluding hydrogens is 318 g/mol. The van der Waals surface area contributed by atoms with E-state index >= 15 is 0 Å². The molecule has 1 fully saturated rings. The Hall–Kier alpha value is -2.70. The lowest BCUT2D eigenvalue weighted by Gasteiger charge is -2.17. The highest BCUT2D eigenvalue weighted by Gasteiger charge is 2.28. The summed E-state index contributed by atoms with van der Waals surface area (Å²) in [5.41, 5.74) is 0.426. The number of hydrogen-bond acceptors (Lipinski definition) is 4. The maximum atomic E-state index is 12.4. The van der Waals surface area contributed by atoms with E-state index in [4.69, 9.17) is 4.74 Å². The van der Waals surface area contributed by atoms with Gasteiger partial charge in [-0.1, -0.05) is 6.07 Å². The number of halogens is 2. The lowest BCUT2D eigenvalue weighted by molar-refractivity contribution is -0.0498. The van der Waals surface area contributed by atoms with Gasteiger partial charge in [0, 0.05) is 30.8 Å². The van der Waals surface area contributed by atoms with Gasteiger partial charge in [0.25, 0.3) is 5.91 Å². The average molecular weight is 334 g/mol. The molecular formula is C17H16F2N2O3. The number of amides is 1. The van der Waals surface area contributed by atoms with Gasteiger partial charge in [-0.05, 0) is 30.3 Å². The van der Waals surface area contributed by atoms with Crippen molar-refractivity contribution in [3.05, 3.63) is 54.2 Å². The number of likely N-dealkylation sites (tertiary alicyclic amines) is 1. The summed E-state index contributed by atoms with van der Waals surface area (Å²) >= 11 is 0. The molecule has 5 nitrogen and oxygen atoms in total. The second kappa shape index (κ2) is 7.25. The van der Waals surface area contributed by atoms with Crippen LogP contribution in [0.5, 0.6) is 11.6 Å². The zero-order chi connectivity index (χ0) is 16.9. The van der Waals surface area contributed by atoms with Gasteiger partial charge in [-0.15, -0.1) is 0 Å². The quantitative estimate of drug-likeness (QED) is 0.843. The van der Waals surface area contributed by atoms with Crippen molar-refractivity contribution in [3.8, 4) is 11.6 Å². The molecule has 0 radical (unpaired) electrons. The number of benzene rings is 1. The van der Waals surface area contributed by atoms with Crippen LogP contribution in [0.3, 0.4) is 0 Å². The van der Waals surface area contributed by atoms with Gasteiger partial charge in [0.15, 0.2) is 0 Å². The predicted octanol–water partition coefficient (Wildman–Crippen LogP) is 2.98. The highest BCUT2D eigenvalue weighted by Crippen LogP contribution is 2.20. The highest BCUT2D eigenvalue weighted by molar-refractivity contribution is 5.94. The van der Waals surface area contributed by atoms with Crippen LogP contribution in [0.15, 0.2) is 48.7 Å². The van der Waals surface area contributed by atoms with Crippen LogP contribution >= 0.6 is 0 Å². The number of nitrogens with zero attached hydrogens (tertiary/aromatic N) is 2. The first-order chi connectivity index (χ1) is 11.6. The molecule has 0 aliphatic carbocycles. The third-order valence-electron chi connectivity index (χ3n) is 3.68. The topological polar surface area (TPSA) is 51.7 Å². The number of ether oxygens (including phenoxy) is 2. The summed E-state index contributed by atoms with van der Waals surface area (Å²) in [6.07, 6.45) is 2.26. The minimum absolute atomic E-state index is 0.0272. The van der Waals surface area contributed by atoms with Crippen molar-refractivity contribution in [1.82, 2.24) is 9.88 Å². The van der Waals surface area contributed by atoms with Crippen LogP contribution in [0, 0.1) is 0 Å². The molecule has 0 saturated carbocycles. The van der Waals surface area contributed by atoms with Crippen molar-refractivity contribution in [3.63, 3.8) is 0 Å². The first-order valence-electron chi connectivity index (χ1n) is 7.53. The van der Waals surface area contributed by atoms with E-state index in [-0.39, 0.29) is 17.8 Å². The molecule has 1 aromatic heterocycles. The number of pyridine rings is 1. The number of hydrogen-bond donors (Lipinski definition) is 0. The van der Waals surface area contributed by atoms with Gasteiger partial charge in [-0.3, -0.25) is 4.79 Å². The Bertz CT molecular complexity index is 680. The van der Waals surface area contributed by atoms with Crippen LogP contribution < -0.4 is 9.47 Å². The largest absolute Gasteiger partial charge is 0.472 e. The molecule has 2 aromatic rings. The minimum atomic E-state index is -2.88. The Morgan fingerprint density at radius 2 is 2.00 bits per heavy atom. The van der Waals surface area contributed by atoms with E-state index in [1.54, 1.807) is 23.2 Å². The molecule has 7 heteroatoms. The summed E-state index contributed by atoms with van der Waals surface area (Å²) < 4.78 is 34.3. The normalized spacial score (nSPS) is 17.1. The van der Waals surface area contributed by atoms with Crippen LogP contribution in [-0.2, 0) is 0 Å². The molecule has 2 heterocycles. The Morgan fingerprint density at radius 3 is 2.67 bits per heavy atom. The summed E-state index contributed by atoms with van der Waals surface area (Å²) in [6.45, 7) is -1.84. The molecule has 1 unspecified atom stereocenters. The molecule has 0 bridgehead atoms. The van der Waals surface area contributed by atoms with E-state index in [9.17, 15) is 13.6 Å². The molecule has 3 rings (SSSR count). The lowest BCUT2D eigenvalue weighted by atomic mass is 10.2. The van der Waals surface area contributed by atoms with Gasteiger partial charge in [-0.25, -0.2) is 4.98 Å². The Morgan fingerprint density at radius 1 is 1.21 bits per heavy atom. The van der Waals surface area contributed by atoms with E-state index in [1.165, 1.54) is 24.3 Å². The molecule has 1 aliphatic heterocycles. The molecule has 24 heavy (non-hydrogen) atoms. The fourth-order valence-electron chi connectivity index (χ4n) is 2.56. The Balaban J connectivity index is 1.58. The van der Waals surface area contributed by atoms with Crippen molar-refractivity contribution in [2.75, 3.05) is 13.1 Å². The Labute approximate surface area is 137 Å². The van der Waals surface area contributed by atoms with Crippen LogP contribution in [0.25, 0.3) is 0 Å². The first kappa shape index (κ1) is 16.2. The summed E-state index contributed by atoms with van der Waals surface area (Å²) in [6, 6.07) is 11.1. The zero-order valence-corrected chi connectivity index (χ0v) is 12.8. The highest BCUT2D eigenvalue weighted by atomic mass is 19.3. The average Bonchev–Trinajstić information content (AvgIpc) is 3.04. The third kappa shape index (κ3) is 3.98. The molecule has 126 valence electrons. The van der Waals surface area contributed by atoms with Crippen LogP contribution in [-0.4, -0.2) is 41.6 Å². The second-order valence-corrected chi connectivity index (χ2v) is 5.35. The first-order valence-corrected chi connectivity index (χ1v) is 7.53. The molecule has 1 aromatic carbocycles. The monoisotopic (exact) mass is 334 g/mol. The van der Waals surface area contributed by atoms with E-state index in [2.05, 4.69) is 9.72 Å². The van der Waals surface area contributed by atoms with Crippen molar-refractivity contribution < 1.29 is 23.0 Å². The van der Waals surface area contributed by atoms with E-state index < -0.39 is 6.61 Å². The molecule has 1 atom stereocenters.